The molecule has 0 saturated carbocycles. The number of hydrogen-bond acceptors (Lipinski definition) is 8. The van der Waals surface area contributed by atoms with Crippen molar-refractivity contribution in [3.05, 3.63) is 47.1 Å². The highest BCUT2D eigenvalue weighted by molar-refractivity contribution is 6.34. The third-order valence-corrected chi connectivity index (χ3v) is 7.11. The topological polar surface area (TPSA) is 91.6 Å². The van der Waals surface area contributed by atoms with Crippen molar-refractivity contribution in [2.24, 2.45) is 0 Å². The molecule has 2 unspecified atom stereocenters. The van der Waals surface area contributed by atoms with E-state index >= 15 is 0 Å². The number of rotatable bonds is 7. The zero-order valence-corrected chi connectivity index (χ0v) is 20.5. The van der Waals surface area contributed by atoms with Gasteiger partial charge in [-0.05, 0) is 12.1 Å². The van der Waals surface area contributed by atoms with Crippen molar-refractivity contribution in [2.75, 3.05) is 49.6 Å². The van der Waals surface area contributed by atoms with Crippen LogP contribution in [0.25, 0.3) is 10.9 Å². The molecule has 2 aromatic heterocycles. The lowest BCUT2D eigenvalue weighted by Crippen LogP contribution is -2.53. The number of halogens is 3. The Morgan fingerprint density at radius 1 is 1.20 bits per heavy atom. The molecule has 2 fully saturated rings. The Bertz CT molecular complexity index is 1230. The zero-order valence-electron chi connectivity index (χ0n) is 19.0. The lowest BCUT2D eigenvalue weighted by Gasteiger charge is -2.39. The van der Waals surface area contributed by atoms with Crippen LogP contribution in [0, 0.1) is 0 Å². The van der Waals surface area contributed by atoms with Crippen LogP contribution in [0.3, 0.4) is 0 Å². The maximum Gasteiger partial charge on any atom is 0.227 e. The fourth-order valence-corrected chi connectivity index (χ4v) is 4.99. The Morgan fingerprint density at radius 3 is 2.71 bits per heavy atom. The Hall–Kier alpha value is -2.50. The molecule has 5 rings (SSSR count). The molecule has 186 valence electrons. The van der Waals surface area contributed by atoms with Gasteiger partial charge in [0, 0.05) is 50.7 Å². The van der Waals surface area contributed by atoms with Crippen molar-refractivity contribution in [1.29, 1.82) is 0 Å². The standard InChI is InChI=1S/C23H26Cl2FN7O2/c1-14(26)2-3-33-22(25)18(11-28-33)30-23-27-10-15-8-16(24)19(9-17(15)29-23)31-4-6-32(7-5-31)20-12-35-13-21(20)34/h8-11,20-21,34H,1-7,12-13H2,(H,27,29,30). The third kappa shape index (κ3) is 5.22. The van der Waals surface area contributed by atoms with Gasteiger partial charge in [-0.15, -0.1) is 0 Å². The van der Waals surface area contributed by atoms with Crippen molar-refractivity contribution in [1.82, 2.24) is 24.6 Å². The van der Waals surface area contributed by atoms with Crippen LogP contribution < -0.4 is 10.2 Å². The van der Waals surface area contributed by atoms with Crippen LogP contribution in [0.15, 0.2) is 36.9 Å². The van der Waals surface area contributed by atoms with Crippen molar-refractivity contribution in [3.8, 4) is 0 Å². The molecule has 0 spiro atoms. The van der Waals surface area contributed by atoms with E-state index < -0.39 is 11.9 Å². The van der Waals surface area contributed by atoms with E-state index in [0.717, 1.165) is 42.8 Å². The summed E-state index contributed by atoms with van der Waals surface area (Å²) >= 11 is 13.0. The molecule has 2 saturated heterocycles. The van der Waals surface area contributed by atoms with E-state index in [-0.39, 0.29) is 19.0 Å². The summed E-state index contributed by atoms with van der Waals surface area (Å²) in [5.74, 6) is -0.0628. The van der Waals surface area contributed by atoms with E-state index in [1.165, 1.54) is 4.68 Å². The number of aromatic nitrogens is 4. The highest BCUT2D eigenvalue weighted by Crippen LogP contribution is 2.32. The third-order valence-electron chi connectivity index (χ3n) is 6.41. The maximum absolute atomic E-state index is 13.0. The first-order valence-electron chi connectivity index (χ1n) is 11.4. The highest BCUT2D eigenvalue weighted by atomic mass is 35.5. The van der Waals surface area contributed by atoms with Gasteiger partial charge in [0.2, 0.25) is 5.95 Å². The molecule has 3 aromatic rings. The molecular weight excluding hydrogens is 496 g/mol. The van der Waals surface area contributed by atoms with Crippen LogP contribution in [-0.4, -0.2) is 81.3 Å². The molecule has 12 heteroatoms. The molecule has 2 atom stereocenters. The molecule has 0 amide bonds. The van der Waals surface area contributed by atoms with E-state index in [1.807, 2.05) is 12.1 Å². The zero-order chi connectivity index (χ0) is 24.5. The van der Waals surface area contributed by atoms with Gasteiger partial charge in [0.25, 0.3) is 0 Å². The van der Waals surface area contributed by atoms with Crippen LogP contribution in [0.4, 0.5) is 21.7 Å². The van der Waals surface area contributed by atoms with Gasteiger partial charge in [-0.2, -0.15) is 5.10 Å². The first-order chi connectivity index (χ1) is 16.9. The van der Waals surface area contributed by atoms with Crippen molar-refractivity contribution < 1.29 is 14.2 Å². The number of fused-ring (bicyclic) bond motifs is 1. The Balaban J connectivity index is 1.31. The number of aryl methyl sites for hydroxylation is 1. The predicted octanol–water partition coefficient (Wildman–Crippen LogP) is 3.63. The summed E-state index contributed by atoms with van der Waals surface area (Å²) in [5, 5.41) is 19.2. The number of allylic oxidation sites excluding steroid dienone is 1. The van der Waals surface area contributed by atoms with E-state index in [0.29, 0.717) is 35.0 Å². The molecule has 1 aromatic carbocycles. The summed E-state index contributed by atoms with van der Waals surface area (Å²) in [6.07, 6.45) is 2.96. The first-order valence-corrected chi connectivity index (χ1v) is 12.2. The Morgan fingerprint density at radius 2 is 2.00 bits per heavy atom. The number of nitrogens with zero attached hydrogens (tertiary/aromatic N) is 6. The van der Waals surface area contributed by atoms with Gasteiger partial charge in [-0.1, -0.05) is 29.8 Å². The van der Waals surface area contributed by atoms with Gasteiger partial charge in [0.05, 0.1) is 59.3 Å². The van der Waals surface area contributed by atoms with Crippen LogP contribution in [0.5, 0.6) is 0 Å². The van der Waals surface area contributed by atoms with E-state index in [4.69, 9.17) is 27.9 Å². The molecule has 4 heterocycles. The summed E-state index contributed by atoms with van der Waals surface area (Å²) in [4.78, 5) is 13.5. The number of nitrogens with one attached hydrogen (secondary N) is 1. The Labute approximate surface area is 212 Å². The predicted molar refractivity (Wildman–Crippen MR) is 134 cm³/mol. The van der Waals surface area contributed by atoms with Gasteiger partial charge in [0.1, 0.15) is 0 Å². The van der Waals surface area contributed by atoms with Crippen LogP contribution in [-0.2, 0) is 11.3 Å². The molecule has 0 radical (unpaired) electrons. The average molecular weight is 522 g/mol. The van der Waals surface area contributed by atoms with E-state index in [2.05, 4.69) is 36.8 Å². The number of benzene rings is 1. The highest BCUT2D eigenvalue weighted by Gasteiger charge is 2.33. The van der Waals surface area contributed by atoms with Crippen LogP contribution in [0.2, 0.25) is 10.2 Å². The van der Waals surface area contributed by atoms with E-state index in [1.54, 1.807) is 12.4 Å². The fraction of sp³-hybridized carbons (Fsp3) is 0.435. The van der Waals surface area contributed by atoms with Crippen LogP contribution in [0.1, 0.15) is 6.42 Å². The molecule has 9 nitrogen and oxygen atoms in total. The van der Waals surface area contributed by atoms with Gasteiger partial charge < -0.3 is 20.1 Å². The number of hydrogen-bond donors (Lipinski definition) is 2. The number of aliphatic hydroxyl groups excluding tert-OH is 1. The molecule has 2 N–H and O–H groups in total. The summed E-state index contributed by atoms with van der Waals surface area (Å²) < 4.78 is 19.9. The molecule has 0 bridgehead atoms. The monoisotopic (exact) mass is 521 g/mol. The molecule has 2 aliphatic rings. The van der Waals surface area contributed by atoms with Crippen molar-refractivity contribution in [3.63, 3.8) is 0 Å². The molecule has 35 heavy (non-hydrogen) atoms. The lowest BCUT2D eigenvalue weighted by atomic mass is 10.1. The maximum atomic E-state index is 13.0. The largest absolute Gasteiger partial charge is 0.389 e. The Kier molecular flexibility index (Phi) is 7.08. The fourth-order valence-electron chi connectivity index (χ4n) is 4.48. The summed E-state index contributed by atoms with van der Waals surface area (Å²) in [6, 6.07) is 3.88. The average Bonchev–Trinajstić information content (AvgIpc) is 3.43. The number of aliphatic hydroxyl groups is 1. The molecule has 0 aliphatic carbocycles. The summed E-state index contributed by atoms with van der Waals surface area (Å²) in [6.45, 7) is 7.71. The summed E-state index contributed by atoms with van der Waals surface area (Å²) in [7, 11) is 0. The van der Waals surface area contributed by atoms with Crippen molar-refractivity contribution >= 4 is 51.4 Å². The minimum absolute atomic E-state index is 0.0533. The second-order valence-corrected chi connectivity index (χ2v) is 9.48. The van der Waals surface area contributed by atoms with Crippen LogP contribution >= 0.6 is 23.2 Å². The second kappa shape index (κ2) is 10.2. The summed E-state index contributed by atoms with van der Waals surface area (Å²) in [5.41, 5.74) is 2.17. The SMILES string of the molecule is C=C(F)CCn1ncc(Nc2ncc3cc(Cl)c(N4CCN(C5COCC5O)CC4)cc3n2)c1Cl. The molecule has 2 aliphatic heterocycles. The quantitative estimate of drug-likeness (QED) is 0.486. The van der Waals surface area contributed by atoms with Gasteiger partial charge in [0.15, 0.2) is 5.15 Å². The van der Waals surface area contributed by atoms with E-state index in [9.17, 15) is 9.50 Å². The van der Waals surface area contributed by atoms with Crippen molar-refractivity contribution in [2.45, 2.75) is 25.1 Å². The second-order valence-electron chi connectivity index (χ2n) is 8.72. The minimum atomic E-state index is -0.433. The normalized spacial score (nSPS) is 21.1. The van der Waals surface area contributed by atoms with Gasteiger partial charge in [-0.25, -0.2) is 14.4 Å². The number of piperazine rings is 1. The number of anilines is 3. The smallest absolute Gasteiger partial charge is 0.227 e. The number of ether oxygens (including phenoxy) is 1. The molecular formula is C23H26Cl2FN7O2. The lowest BCUT2D eigenvalue weighted by molar-refractivity contribution is 0.0785. The van der Waals surface area contributed by atoms with Gasteiger partial charge in [-0.3, -0.25) is 9.58 Å². The first kappa shape index (κ1) is 24.2. The van der Waals surface area contributed by atoms with Gasteiger partial charge >= 0.3 is 0 Å². The minimum Gasteiger partial charge on any atom is -0.389 e.